The molecule has 8 heteroatoms. The fourth-order valence-electron chi connectivity index (χ4n) is 1.47. The minimum atomic E-state index is -0.565. The zero-order chi connectivity index (χ0) is 19.2. The number of halogens is 1. The van der Waals surface area contributed by atoms with Crippen molar-refractivity contribution in [2.24, 2.45) is 15.9 Å². The molecule has 0 N–H and O–H groups in total. The Bertz CT molecular complexity index is 433. The Balaban J connectivity index is 0. The van der Waals surface area contributed by atoms with E-state index in [0.717, 1.165) is 0 Å². The van der Waals surface area contributed by atoms with E-state index in [9.17, 15) is 9.59 Å². The molecular formula is C16H30ClN3O4. The van der Waals surface area contributed by atoms with Crippen molar-refractivity contribution in [3.63, 3.8) is 0 Å². The lowest BCUT2D eigenvalue weighted by molar-refractivity contribution is -0.154. The van der Waals surface area contributed by atoms with Crippen molar-refractivity contribution in [3.8, 4) is 0 Å². The SMILES string of the molecule is CCOC(=O)C(C)(C)CCCl.CCOC(=O)C(C)(C)CCN=[N+]=[N-]. The number of ether oxygens (including phenoxy) is 2. The lowest BCUT2D eigenvalue weighted by Gasteiger charge is -2.20. The molecule has 0 fully saturated rings. The molecule has 0 aliphatic heterocycles. The van der Waals surface area contributed by atoms with Gasteiger partial charge < -0.3 is 9.47 Å². The second-order valence-electron chi connectivity index (χ2n) is 6.35. The maximum Gasteiger partial charge on any atom is 0.311 e. The van der Waals surface area contributed by atoms with Gasteiger partial charge in [-0.1, -0.05) is 5.11 Å². The molecule has 0 atom stereocenters. The Morgan fingerprint density at radius 2 is 1.42 bits per heavy atom. The van der Waals surface area contributed by atoms with Crippen LogP contribution < -0.4 is 0 Å². The molecule has 0 aliphatic rings. The fraction of sp³-hybridized carbons (Fsp3) is 0.875. The molecule has 0 unspecified atom stereocenters. The van der Waals surface area contributed by atoms with Gasteiger partial charge >= 0.3 is 11.9 Å². The molecular weight excluding hydrogens is 334 g/mol. The standard InChI is InChI=1S/C8H15ClO2.C8H15N3O2/c1-4-11-7(10)8(2,3)5-6-9;1-4-13-7(12)8(2,3)5-6-10-11-9/h4-6H2,1-3H3;4-6H2,1-3H3. The highest BCUT2D eigenvalue weighted by atomic mass is 35.5. The molecule has 0 spiro atoms. The van der Waals surface area contributed by atoms with E-state index >= 15 is 0 Å². The third kappa shape index (κ3) is 11.1. The summed E-state index contributed by atoms with van der Waals surface area (Å²) in [6.45, 7) is 11.9. The number of azide groups is 1. The normalized spacial score (nSPS) is 10.8. The van der Waals surface area contributed by atoms with Gasteiger partial charge in [-0.15, -0.1) is 11.6 Å². The molecule has 140 valence electrons. The highest BCUT2D eigenvalue weighted by molar-refractivity contribution is 6.18. The minimum Gasteiger partial charge on any atom is -0.466 e. The van der Waals surface area contributed by atoms with E-state index in [2.05, 4.69) is 10.0 Å². The van der Waals surface area contributed by atoms with E-state index in [1.807, 2.05) is 13.8 Å². The molecule has 0 saturated carbocycles. The van der Waals surface area contributed by atoms with Gasteiger partial charge in [-0.05, 0) is 59.9 Å². The van der Waals surface area contributed by atoms with Crippen LogP contribution in [0.3, 0.4) is 0 Å². The van der Waals surface area contributed by atoms with Gasteiger partial charge in [0.2, 0.25) is 0 Å². The monoisotopic (exact) mass is 363 g/mol. The Morgan fingerprint density at radius 3 is 1.75 bits per heavy atom. The summed E-state index contributed by atoms with van der Waals surface area (Å²) in [4.78, 5) is 25.1. The second kappa shape index (κ2) is 12.9. The number of esters is 2. The summed E-state index contributed by atoms with van der Waals surface area (Å²) in [5.74, 6) is 0.0787. The van der Waals surface area contributed by atoms with E-state index in [1.165, 1.54) is 0 Å². The number of alkyl halides is 1. The molecule has 0 aromatic rings. The molecule has 0 amide bonds. The van der Waals surface area contributed by atoms with E-state index < -0.39 is 10.8 Å². The first-order valence-corrected chi connectivity index (χ1v) is 8.53. The Morgan fingerprint density at radius 1 is 1.00 bits per heavy atom. The topological polar surface area (TPSA) is 101 Å². The zero-order valence-electron chi connectivity index (χ0n) is 15.6. The third-order valence-electron chi connectivity index (χ3n) is 3.28. The Labute approximate surface area is 149 Å². The summed E-state index contributed by atoms with van der Waals surface area (Å²) < 4.78 is 9.73. The lowest BCUT2D eigenvalue weighted by atomic mass is 9.90. The molecule has 24 heavy (non-hydrogen) atoms. The van der Waals surface area contributed by atoms with Gasteiger partial charge in [-0.3, -0.25) is 9.59 Å². The third-order valence-corrected chi connectivity index (χ3v) is 3.46. The van der Waals surface area contributed by atoms with Crippen LogP contribution in [0.1, 0.15) is 54.4 Å². The van der Waals surface area contributed by atoms with Crippen LogP contribution in [0.5, 0.6) is 0 Å². The van der Waals surface area contributed by atoms with Crippen LogP contribution in [0.15, 0.2) is 5.11 Å². The van der Waals surface area contributed by atoms with Gasteiger partial charge in [0.15, 0.2) is 0 Å². The van der Waals surface area contributed by atoms with Crippen LogP contribution in [0.4, 0.5) is 0 Å². The van der Waals surface area contributed by atoms with Gasteiger partial charge in [0, 0.05) is 17.3 Å². The lowest BCUT2D eigenvalue weighted by Crippen LogP contribution is -2.27. The van der Waals surface area contributed by atoms with Crippen LogP contribution in [0.2, 0.25) is 0 Å². The molecule has 0 saturated heterocycles. The number of rotatable bonds is 9. The maximum atomic E-state index is 11.3. The van der Waals surface area contributed by atoms with Gasteiger partial charge in [0.05, 0.1) is 24.0 Å². The summed E-state index contributed by atoms with van der Waals surface area (Å²) in [5.41, 5.74) is 7.05. The molecule has 0 radical (unpaired) electrons. The molecule has 0 aromatic carbocycles. The number of hydrogen-bond acceptors (Lipinski definition) is 5. The Hall–Kier alpha value is -1.46. The summed E-state index contributed by atoms with van der Waals surface area (Å²) in [7, 11) is 0. The summed E-state index contributed by atoms with van der Waals surface area (Å²) in [6, 6.07) is 0. The number of hydrogen-bond donors (Lipinski definition) is 0. The smallest absolute Gasteiger partial charge is 0.311 e. The average molecular weight is 364 g/mol. The average Bonchev–Trinajstić information content (AvgIpc) is 2.48. The Kier molecular flexibility index (Phi) is 13.3. The predicted octanol–water partition coefficient (Wildman–Crippen LogP) is 4.48. The van der Waals surface area contributed by atoms with Crippen molar-refractivity contribution < 1.29 is 19.1 Å². The summed E-state index contributed by atoms with van der Waals surface area (Å²) >= 11 is 5.52. The van der Waals surface area contributed by atoms with Crippen molar-refractivity contribution >= 4 is 23.5 Å². The molecule has 0 bridgehead atoms. The van der Waals surface area contributed by atoms with Gasteiger partial charge in [0.1, 0.15) is 0 Å². The number of carbonyl (C=O) groups excluding carboxylic acids is 2. The first-order valence-electron chi connectivity index (χ1n) is 8.00. The summed E-state index contributed by atoms with van der Waals surface area (Å²) in [6.07, 6.45) is 1.17. The van der Waals surface area contributed by atoms with Crippen LogP contribution in [0, 0.1) is 10.8 Å². The van der Waals surface area contributed by atoms with E-state index in [0.29, 0.717) is 38.5 Å². The molecule has 7 nitrogen and oxygen atoms in total. The molecule has 0 rings (SSSR count). The van der Waals surface area contributed by atoms with Crippen molar-refractivity contribution in [3.05, 3.63) is 10.4 Å². The van der Waals surface area contributed by atoms with Crippen molar-refractivity contribution in [1.82, 2.24) is 0 Å². The molecule has 0 aliphatic carbocycles. The van der Waals surface area contributed by atoms with E-state index in [4.69, 9.17) is 26.6 Å². The maximum absolute atomic E-state index is 11.3. The largest absolute Gasteiger partial charge is 0.466 e. The summed E-state index contributed by atoms with van der Waals surface area (Å²) in [5, 5.41) is 3.37. The van der Waals surface area contributed by atoms with Crippen LogP contribution >= 0.6 is 11.6 Å². The highest BCUT2D eigenvalue weighted by Crippen LogP contribution is 2.23. The number of carbonyl (C=O) groups is 2. The molecule has 0 heterocycles. The van der Waals surface area contributed by atoms with Crippen LogP contribution in [0.25, 0.3) is 10.4 Å². The van der Waals surface area contributed by atoms with Crippen molar-refractivity contribution in [2.45, 2.75) is 54.4 Å². The van der Waals surface area contributed by atoms with Crippen molar-refractivity contribution in [1.29, 1.82) is 0 Å². The van der Waals surface area contributed by atoms with E-state index in [1.54, 1.807) is 27.7 Å². The van der Waals surface area contributed by atoms with Gasteiger partial charge in [-0.2, -0.15) is 0 Å². The first-order chi connectivity index (χ1) is 11.1. The van der Waals surface area contributed by atoms with Crippen molar-refractivity contribution in [2.75, 3.05) is 25.6 Å². The molecule has 0 aromatic heterocycles. The zero-order valence-corrected chi connectivity index (χ0v) is 16.4. The quantitative estimate of drug-likeness (QED) is 0.198. The van der Waals surface area contributed by atoms with Crippen LogP contribution in [-0.4, -0.2) is 37.6 Å². The van der Waals surface area contributed by atoms with Gasteiger partial charge in [-0.25, -0.2) is 0 Å². The van der Waals surface area contributed by atoms with E-state index in [-0.39, 0.29) is 11.9 Å². The highest BCUT2D eigenvalue weighted by Gasteiger charge is 2.28. The fourth-order valence-corrected chi connectivity index (χ4v) is 1.94. The number of nitrogens with zero attached hydrogens (tertiary/aromatic N) is 3. The van der Waals surface area contributed by atoms with Crippen LogP contribution in [-0.2, 0) is 19.1 Å². The van der Waals surface area contributed by atoms with Gasteiger partial charge in [0.25, 0.3) is 0 Å². The predicted molar refractivity (Wildman–Crippen MR) is 94.8 cm³/mol. The first kappa shape index (κ1) is 24.8. The second-order valence-corrected chi connectivity index (χ2v) is 6.73. The minimum absolute atomic E-state index is 0.166.